The molecule has 0 fully saturated rings. The molecule has 2 N–H and O–H groups in total. The molecule has 100 valence electrons. The Morgan fingerprint density at radius 1 is 1.39 bits per heavy atom. The van der Waals surface area contributed by atoms with Gasteiger partial charge in [0, 0.05) is 18.3 Å². The van der Waals surface area contributed by atoms with Crippen LogP contribution in [0.1, 0.15) is 31.9 Å². The number of rotatable bonds is 7. The Hall–Kier alpha value is -1.39. The molecule has 0 bridgehead atoms. The number of carbonyl (C=O) groups is 1. The van der Waals surface area contributed by atoms with E-state index >= 15 is 0 Å². The summed E-state index contributed by atoms with van der Waals surface area (Å²) in [6, 6.07) is 7.98. The Bertz CT molecular complexity index is 380. The highest BCUT2D eigenvalue weighted by atomic mass is 16.5. The third-order valence-corrected chi connectivity index (χ3v) is 2.72. The summed E-state index contributed by atoms with van der Waals surface area (Å²) in [6.07, 6.45) is 0.917. The third kappa shape index (κ3) is 4.47. The first-order chi connectivity index (χ1) is 8.69. The van der Waals surface area contributed by atoms with Crippen molar-refractivity contribution in [1.82, 2.24) is 5.32 Å². The summed E-state index contributed by atoms with van der Waals surface area (Å²) in [7, 11) is 1.90. The molecule has 1 aromatic rings. The molecular weight excluding hydrogens is 228 g/mol. The largest absolute Gasteiger partial charge is 0.372 e. The molecule has 0 aromatic heterocycles. The number of hydrogen-bond donors (Lipinski definition) is 2. The van der Waals surface area contributed by atoms with Crippen LogP contribution in [-0.2, 0) is 9.53 Å². The van der Waals surface area contributed by atoms with Gasteiger partial charge in [-0.15, -0.1) is 0 Å². The molecule has 0 spiro atoms. The average Bonchev–Trinajstić information content (AvgIpc) is 2.39. The number of nitrogens with one attached hydrogen (secondary N) is 2. The van der Waals surface area contributed by atoms with E-state index in [4.69, 9.17) is 4.74 Å². The number of benzene rings is 1. The fourth-order valence-electron chi connectivity index (χ4n) is 1.64. The van der Waals surface area contributed by atoms with Crippen molar-refractivity contribution in [3.63, 3.8) is 0 Å². The van der Waals surface area contributed by atoms with Gasteiger partial charge in [0.2, 0.25) is 5.91 Å². The van der Waals surface area contributed by atoms with E-state index in [1.807, 2.05) is 38.2 Å². The second kappa shape index (κ2) is 7.84. The summed E-state index contributed by atoms with van der Waals surface area (Å²) in [6.45, 7) is 4.79. The molecule has 0 aliphatic heterocycles. The highest BCUT2D eigenvalue weighted by Crippen LogP contribution is 2.21. The lowest BCUT2D eigenvalue weighted by Gasteiger charge is -2.16. The molecular formula is C14H22N2O2. The molecule has 0 aliphatic carbocycles. The topological polar surface area (TPSA) is 50.4 Å². The molecule has 0 saturated carbocycles. The second-order valence-corrected chi connectivity index (χ2v) is 4.20. The van der Waals surface area contributed by atoms with E-state index < -0.39 is 0 Å². The monoisotopic (exact) mass is 250 g/mol. The summed E-state index contributed by atoms with van der Waals surface area (Å²) >= 11 is 0. The van der Waals surface area contributed by atoms with Crippen molar-refractivity contribution in [3.05, 3.63) is 29.8 Å². The molecule has 0 radical (unpaired) electrons. The fraction of sp³-hybridized carbons (Fsp3) is 0.500. The van der Waals surface area contributed by atoms with Crippen LogP contribution in [0.3, 0.4) is 0 Å². The van der Waals surface area contributed by atoms with Gasteiger partial charge in [0.25, 0.3) is 0 Å². The van der Waals surface area contributed by atoms with Gasteiger partial charge in [-0.25, -0.2) is 0 Å². The number of amides is 1. The maximum absolute atomic E-state index is 11.7. The van der Waals surface area contributed by atoms with E-state index in [1.165, 1.54) is 0 Å². The lowest BCUT2D eigenvalue weighted by Crippen LogP contribution is -2.21. The first kappa shape index (κ1) is 14.7. The van der Waals surface area contributed by atoms with Crippen molar-refractivity contribution in [2.75, 3.05) is 25.6 Å². The molecule has 0 heterocycles. The standard InChI is InChI=1S/C14H22N2O2/c1-4-9-18-10-14(17)16-13-8-6-5-7-12(13)11(2)15-3/h5-8,11,15H,4,9-10H2,1-3H3,(H,16,17). The van der Waals surface area contributed by atoms with Crippen molar-refractivity contribution in [1.29, 1.82) is 0 Å². The van der Waals surface area contributed by atoms with E-state index in [0.29, 0.717) is 6.61 Å². The molecule has 0 saturated heterocycles. The van der Waals surface area contributed by atoms with E-state index in [2.05, 4.69) is 17.6 Å². The van der Waals surface area contributed by atoms with Crippen LogP contribution in [0.2, 0.25) is 0 Å². The summed E-state index contributed by atoms with van der Waals surface area (Å²) in [5, 5.41) is 6.05. The van der Waals surface area contributed by atoms with E-state index in [-0.39, 0.29) is 18.6 Å². The predicted octanol–water partition coefficient (Wildman–Crippen LogP) is 2.33. The summed E-state index contributed by atoms with van der Waals surface area (Å²) < 4.78 is 5.22. The van der Waals surface area contributed by atoms with E-state index in [9.17, 15) is 4.79 Å². The van der Waals surface area contributed by atoms with Gasteiger partial charge in [-0.05, 0) is 32.0 Å². The van der Waals surface area contributed by atoms with E-state index in [0.717, 1.165) is 17.7 Å². The SMILES string of the molecule is CCCOCC(=O)Nc1ccccc1C(C)NC. The quantitative estimate of drug-likeness (QED) is 0.730. The smallest absolute Gasteiger partial charge is 0.250 e. The zero-order chi connectivity index (χ0) is 13.4. The van der Waals surface area contributed by atoms with Crippen LogP contribution in [0, 0.1) is 0 Å². The second-order valence-electron chi connectivity index (χ2n) is 4.20. The van der Waals surface area contributed by atoms with Crippen LogP contribution >= 0.6 is 0 Å². The third-order valence-electron chi connectivity index (χ3n) is 2.72. The van der Waals surface area contributed by atoms with Crippen LogP contribution in [0.5, 0.6) is 0 Å². The number of ether oxygens (including phenoxy) is 1. The maximum Gasteiger partial charge on any atom is 0.250 e. The first-order valence-corrected chi connectivity index (χ1v) is 6.32. The van der Waals surface area contributed by atoms with Crippen LogP contribution in [0.4, 0.5) is 5.69 Å². The fourth-order valence-corrected chi connectivity index (χ4v) is 1.64. The number of hydrogen-bond acceptors (Lipinski definition) is 3. The van der Waals surface area contributed by atoms with Gasteiger partial charge in [0.05, 0.1) is 0 Å². The molecule has 18 heavy (non-hydrogen) atoms. The lowest BCUT2D eigenvalue weighted by molar-refractivity contribution is -0.120. The Balaban J connectivity index is 2.63. The summed E-state index contributed by atoms with van der Waals surface area (Å²) in [4.78, 5) is 11.7. The van der Waals surface area contributed by atoms with Crippen LogP contribution in [-0.4, -0.2) is 26.2 Å². The highest BCUT2D eigenvalue weighted by molar-refractivity contribution is 5.92. The van der Waals surface area contributed by atoms with Crippen LogP contribution in [0.15, 0.2) is 24.3 Å². The predicted molar refractivity (Wildman–Crippen MR) is 73.7 cm³/mol. The minimum Gasteiger partial charge on any atom is -0.372 e. The molecule has 4 nitrogen and oxygen atoms in total. The number of carbonyl (C=O) groups excluding carboxylic acids is 1. The van der Waals surface area contributed by atoms with Gasteiger partial charge in [-0.2, -0.15) is 0 Å². The Morgan fingerprint density at radius 2 is 2.11 bits per heavy atom. The average molecular weight is 250 g/mol. The zero-order valence-corrected chi connectivity index (χ0v) is 11.3. The highest BCUT2D eigenvalue weighted by Gasteiger charge is 2.10. The van der Waals surface area contributed by atoms with Gasteiger partial charge in [-0.3, -0.25) is 4.79 Å². The molecule has 1 unspecified atom stereocenters. The van der Waals surface area contributed by atoms with Crippen molar-refractivity contribution in [2.24, 2.45) is 0 Å². The van der Waals surface area contributed by atoms with Gasteiger partial charge in [-0.1, -0.05) is 25.1 Å². The minimum absolute atomic E-state index is 0.107. The normalized spacial score (nSPS) is 12.2. The van der Waals surface area contributed by atoms with Crippen LogP contribution < -0.4 is 10.6 Å². The summed E-state index contributed by atoms with van der Waals surface area (Å²) in [5.41, 5.74) is 1.91. The van der Waals surface area contributed by atoms with E-state index in [1.54, 1.807) is 0 Å². The molecule has 1 amide bonds. The Morgan fingerprint density at radius 3 is 2.78 bits per heavy atom. The van der Waals surface area contributed by atoms with Gasteiger partial charge >= 0.3 is 0 Å². The number of para-hydroxylation sites is 1. The maximum atomic E-state index is 11.7. The van der Waals surface area contributed by atoms with Crippen molar-refractivity contribution < 1.29 is 9.53 Å². The molecule has 4 heteroatoms. The van der Waals surface area contributed by atoms with Gasteiger partial charge in [0.15, 0.2) is 0 Å². The van der Waals surface area contributed by atoms with Crippen molar-refractivity contribution in [2.45, 2.75) is 26.3 Å². The van der Waals surface area contributed by atoms with Crippen LogP contribution in [0.25, 0.3) is 0 Å². The zero-order valence-electron chi connectivity index (χ0n) is 11.3. The number of anilines is 1. The van der Waals surface area contributed by atoms with Crippen molar-refractivity contribution in [3.8, 4) is 0 Å². The van der Waals surface area contributed by atoms with Crippen molar-refractivity contribution >= 4 is 11.6 Å². The Kier molecular flexibility index (Phi) is 6.39. The minimum atomic E-state index is -0.112. The Labute approximate surface area is 109 Å². The summed E-state index contributed by atoms with van der Waals surface area (Å²) in [5.74, 6) is -0.112. The van der Waals surface area contributed by atoms with Gasteiger partial charge in [0.1, 0.15) is 6.61 Å². The molecule has 1 rings (SSSR count). The molecule has 0 aliphatic rings. The molecule has 1 aromatic carbocycles. The van der Waals surface area contributed by atoms with Gasteiger partial charge < -0.3 is 15.4 Å². The first-order valence-electron chi connectivity index (χ1n) is 6.32. The lowest BCUT2D eigenvalue weighted by atomic mass is 10.1. The molecule has 1 atom stereocenters.